The van der Waals surface area contributed by atoms with Crippen molar-refractivity contribution in [3.63, 3.8) is 0 Å². The molecule has 0 atom stereocenters. The summed E-state index contributed by atoms with van der Waals surface area (Å²) in [4.78, 5) is 0. The minimum atomic E-state index is -0.307. The molecule has 0 saturated heterocycles. The fourth-order valence-corrected chi connectivity index (χ4v) is 2.19. The molecule has 0 aromatic heterocycles. The minimum absolute atomic E-state index is 0.307. The Morgan fingerprint density at radius 2 is 1.91 bits per heavy atom. The highest BCUT2D eigenvalue weighted by Gasteiger charge is 2.09. The first kappa shape index (κ1) is 9.49. The maximum atomic E-state index is 13.0. The van der Waals surface area contributed by atoms with Gasteiger partial charge in [-0.2, -0.15) is 0 Å². The van der Waals surface area contributed by atoms with Gasteiger partial charge in [0.2, 0.25) is 0 Å². The second-order valence-electron chi connectivity index (χ2n) is 2.09. The third-order valence-corrected chi connectivity index (χ3v) is 3.25. The fraction of sp³-hybridized carbons (Fsp3) is 0.143. The highest BCUT2D eigenvalue weighted by Crippen LogP contribution is 2.32. The summed E-state index contributed by atoms with van der Waals surface area (Å²) in [5, 5.41) is 0.422. The van der Waals surface area contributed by atoms with Crippen molar-refractivity contribution < 1.29 is 4.39 Å². The molecular formula is C7H4Br2ClF. The summed E-state index contributed by atoms with van der Waals surface area (Å²) in [5.74, 6) is -0.307. The van der Waals surface area contributed by atoms with Crippen LogP contribution in [0.4, 0.5) is 4.39 Å². The molecule has 0 aliphatic heterocycles. The van der Waals surface area contributed by atoms with Crippen LogP contribution >= 0.6 is 43.5 Å². The number of benzene rings is 1. The third kappa shape index (κ3) is 1.76. The smallest absolute Gasteiger partial charge is 0.141 e. The van der Waals surface area contributed by atoms with Crippen molar-refractivity contribution in [1.29, 1.82) is 0 Å². The molecule has 0 radical (unpaired) electrons. The van der Waals surface area contributed by atoms with Crippen LogP contribution in [-0.2, 0) is 0 Å². The summed E-state index contributed by atoms with van der Waals surface area (Å²) in [6.45, 7) is 1.63. The van der Waals surface area contributed by atoms with E-state index in [2.05, 4.69) is 31.9 Å². The Hall–Kier alpha value is 0.400. The largest absolute Gasteiger partial charge is 0.205 e. The summed E-state index contributed by atoms with van der Waals surface area (Å²) in [6, 6.07) is 1.59. The summed E-state index contributed by atoms with van der Waals surface area (Å²) in [7, 11) is 0. The van der Waals surface area contributed by atoms with E-state index in [-0.39, 0.29) is 5.82 Å². The molecule has 1 aromatic carbocycles. The number of hydrogen-bond donors (Lipinski definition) is 0. The Morgan fingerprint density at radius 3 is 2.45 bits per heavy atom. The predicted octanol–water partition coefficient (Wildman–Crippen LogP) is 4.31. The zero-order valence-electron chi connectivity index (χ0n) is 5.59. The van der Waals surface area contributed by atoms with Crippen LogP contribution in [0.2, 0.25) is 5.02 Å². The van der Waals surface area contributed by atoms with E-state index in [9.17, 15) is 4.39 Å². The summed E-state index contributed by atoms with van der Waals surface area (Å²) in [6.07, 6.45) is 0. The van der Waals surface area contributed by atoms with Crippen molar-refractivity contribution in [1.82, 2.24) is 0 Å². The lowest BCUT2D eigenvalue weighted by Crippen LogP contribution is -1.86. The molecule has 0 N–H and O–H groups in total. The quantitative estimate of drug-likeness (QED) is 0.626. The van der Waals surface area contributed by atoms with E-state index in [4.69, 9.17) is 11.6 Å². The van der Waals surface area contributed by atoms with Crippen LogP contribution in [0.3, 0.4) is 0 Å². The highest BCUT2D eigenvalue weighted by molar-refractivity contribution is 9.11. The monoisotopic (exact) mass is 300 g/mol. The van der Waals surface area contributed by atoms with Gasteiger partial charge >= 0.3 is 0 Å². The van der Waals surface area contributed by atoms with Gasteiger partial charge in [-0.1, -0.05) is 11.6 Å². The van der Waals surface area contributed by atoms with Crippen LogP contribution < -0.4 is 0 Å². The Bertz CT molecular complexity index is 273. The van der Waals surface area contributed by atoms with E-state index < -0.39 is 0 Å². The lowest BCUT2D eigenvalue weighted by Gasteiger charge is -2.03. The van der Waals surface area contributed by atoms with Gasteiger partial charge in [0.05, 0.1) is 9.50 Å². The van der Waals surface area contributed by atoms with E-state index in [1.54, 1.807) is 13.0 Å². The van der Waals surface area contributed by atoms with E-state index in [0.29, 0.717) is 19.5 Å². The molecule has 60 valence electrons. The Balaban J connectivity index is 3.46. The average Bonchev–Trinajstić information content (AvgIpc) is 1.97. The Kier molecular flexibility index (Phi) is 2.95. The summed E-state index contributed by atoms with van der Waals surface area (Å²) < 4.78 is 14.1. The summed E-state index contributed by atoms with van der Waals surface area (Å²) >= 11 is 12.0. The molecule has 0 unspecified atom stereocenters. The molecule has 0 bridgehead atoms. The van der Waals surface area contributed by atoms with Crippen molar-refractivity contribution in [3.05, 3.63) is 31.4 Å². The average molecular weight is 302 g/mol. The zero-order valence-corrected chi connectivity index (χ0v) is 9.52. The van der Waals surface area contributed by atoms with Crippen LogP contribution in [-0.4, -0.2) is 0 Å². The Labute approximate surface area is 86.0 Å². The van der Waals surface area contributed by atoms with Crippen molar-refractivity contribution in [2.75, 3.05) is 0 Å². The van der Waals surface area contributed by atoms with Gasteiger partial charge in [-0.3, -0.25) is 0 Å². The predicted molar refractivity (Wildman–Crippen MR) is 51.5 cm³/mol. The van der Waals surface area contributed by atoms with Crippen LogP contribution in [0.1, 0.15) is 5.56 Å². The van der Waals surface area contributed by atoms with Gasteiger partial charge in [0.15, 0.2) is 0 Å². The van der Waals surface area contributed by atoms with Crippen LogP contribution in [0.15, 0.2) is 15.0 Å². The molecular weight excluding hydrogens is 298 g/mol. The SMILES string of the molecule is Cc1c(F)c(Br)cc(Br)c1Cl. The Morgan fingerprint density at radius 1 is 1.36 bits per heavy atom. The molecule has 0 spiro atoms. The maximum Gasteiger partial charge on any atom is 0.141 e. The molecule has 0 heterocycles. The number of halogens is 4. The van der Waals surface area contributed by atoms with Gasteiger partial charge in [0.25, 0.3) is 0 Å². The normalized spacial score (nSPS) is 10.3. The molecule has 1 aromatic rings. The van der Waals surface area contributed by atoms with E-state index in [1.807, 2.05) is 0 Å². The van der Waals surface area contributed by atoms with Crippen LogP contribution in [0.25, 0.3) is 0 Å². The maximum absolute atomic E-state index is 13.0. The first-order valence-electron chi connectivity index (χ1n) is 2.83. The van der Waals surface area contributed by atoms with Gasteiger partial charge in [-0.15, -0.1) is 0 Å². The van der Waals surface area contributed by atoms with Crippen molar-refractivity contribution >= 4 is 43.5 Å². The third-order valence-electron chi connectivity index (χ3n) is 1.33. The lowest BCUT2D eigenvalue weighted by molar-refractivity contribution is 0.611. The second-order valence-corrected chi connectivity index (χ2v) is 4.18. The molecule has 0 aliphatic carbocycles. The molecule has 1 rings (SSSR count). The highest BCUT2D eigenvalue weighted by atomic mass is 79.9. The summed E-state index contributed by atoms with van der Waals surface area (Å²) in [5.41, 5.74) is 0.452. The number of hydrogen-bond acceptors (Lipinski definition) is 0. The minimum Gasteiger partial charge on any atom is -0.205 e. The first-order valence-corrected chi connectivity index (χ1v) is 4.80. The molecule has 11 heavy (non-hydrogen) atoms. The van der Waals surface area contributed by atoms with Crippen LogP contribution in [0, 0.1) is 12.7 Å². The molecule has 0 amide bonds. The first-order chi connectivity index (χ1) is 5.04. The topological polar surface area (TPSA) is 0 Å². The molecule has 0 saturated carbocycles. The van der Waals surface area contributed by atoms with Gasteiger partial charge < -0.3 is 0 Å². The van der Waals surface area contributed by atoms with E-state index in [0.717, 1.165) is 0 Å². The van der Waals surface area contributed by atoms with Crippen molar-refractivity contribution in [2.45, 2.75) is 6.92 Å². The van der Waals surface area contributed by atoms with Crippen LogP contribution in [0.5, 0.6) is 0 Å². The second kappa shape index (κ2) is 3.42. The lowest BCUT2D eigenvalue weighted by atomic mass is 10.2. The molecule has 0 fully saturated rings. The van der Waals surface area contributed by atoms with Crippen molar-refractivity contribution in [2.24, 2.45) is 0 Å². The van der Waals surface area contributed by atoms with Gasteiger partial charge in [-0.05, 0) is 44.8 Å². The van der Waals surface area contributed by atoms with Crippen molar-refractivity contribution in [3.8, 4) is 0 Å². The zero-order chi connectivity index (χ0) is 8.59. The number of rotatable bonds is 0. The van der Waals surface area contributed by atoms with Gasteiger partial charge in [0.1, 0.15) is 5.82 Å². The molecule has 0 aliphatic rings. The molecule has 0 nitrogen and oxygen atoms in total. The standard InChI is InChI=1S/C7H4Br2ClF/c1-3-6(10)4(8)2-5(9)7(3)11/h2H,1H3. The van der Waals surface area contributed by atoms with Gasteiger partial charge in [-0.25, -0.2) is 4.39 Å². The van der Waals surface area contributed by atoms with Gasteiger partial charge in [0, 0.05) is 10.0 Å². The fourth-order valence-electron chi connectivity index (χ4n) is 0.693. The van der Waals surface area contributed by atoms with E-state index in [1.165, 1.54) is 0 Å². The van der Waals surface area contributed by atoms with E-state index >= 15 is 0 Å². The molecule has 4 heteroatoms.